The van der Waals surface area contributed by atoms with Crippen molar-refractivity contribution in [2.75, 3.05) is 13.2 Å². The Labute approximate surface area is 296 Å². The number of carboxylic acid groups (broad SMARTS) is 1. The maximum absolute atomic E-state index is 14.2. The molecule has 3 unspecified atom stereocenters. The number of carbonyl (C=O) groups is 5. The van der Waals surface area contributed by atoms with Crippen LogP contribution in [0, 0.1) is 29.6 Å². The zero-order chi connectivity index (χ0) is 35.5. The summed E-state index contributed by atoms with van der Waals surface area (Å²) in [5.41, 5.74) is 0. The molecular weight excluding hydrogens is 643 g/mol. The highest BCUT2D eigenvalue weighted by atomic mass is 19.1. The largest absolute Gasteiger partial charge is 0.480 e. The molecule has 4 saturated carbocycles. The number of fused-ring (bicyclic) bond motifs is 16. The molecule has 50 heavy (non-hydrogen) atoms. The molecule has 6 aliphatic rings. The third-order valence-corrected chi connectivity index (χ3v) is 12.1. The number of aliphatic carboxylic acids is 1. The lowest BCUT2D eigenvalue weighted by Crippen LogP contribution is -2.56. The number of carboxylic acids is 1. The van der Waals surface area contributed by atoms with Gasteiger partial charge in [-0.3, -0.25) is 19.2 Å². The van der Waals surface area contributed by atoms with Crippen molar-refractivity contribution in [1.29, 1.82) is 0 Å². The van der Waals surface area contributed by atoms with Gasteiger partial charge in [0.2, 0.25) is 23.6 Å². The number of hydrogen-bond acceptors (Lipinski definition) is 6. The van der Waals surface area contributed by atoms with Crippen molar-refractivity contribution in [3.8, 4) is 0 Å². The molecular formula is C38H59FN4O7. The smallest absolute Gasteiger partial charge is 0.326 e. The van der Waals surface area contributed by atoms with E-state index >= 15 is 0 Å². The highest BCUT2D eigenvalue weighted by molar-refractivity contribution is 5.95. The monoisotopic (exact) mass is 702 g/mol. The van der Waals surface area contributed by atoms with E-state index in [0.29, 0.717) is 50.9 Å². The Kier molecular flexibility index (Phi) is 14.5. The molecule has 0 aromatic carbocycles. The molecule has 2 heterocycles. The summed E-state index contributed by atoms with van der Waals surface area (Å²) in [7, 11) is 0. The maximum atomic E-state index is 14.2. The fourth-order valence-electron chi connectivity index (χ4n) is 9.15. The summed E-state index contributed by atoms with van der Waals surface area (Å²) in [6.07, 6.45) is 18.4. The number of hydrogen-bond donors (Lipinski definition) is 5. The normalized spacial score (nSPS) is 36.3. The molecule has 2 bridgehead atoms. The first-order valence-electron chi connectivity index (χ1n) is 19.5. The number of allylic oxidation sites excluding steroid dienone is 1. The third kappa shape index (κ3) is 11.8. The summed E-state index contributed by atoms with van der Waals surface area (Å²) >= 11 is 0. The molecule has 2 aliphatic heterocycles. The SMILES string of the molecule is O=C1COC2CCC(CC2)C[C@@H](C(=O)O)NC(=O)C(/C=C/C2CCCC(F)C2)NC(=O)[C@@H](CC2CCC(C3CCCCC3)CC2)NC(=O)CN1. The summed E-state index contributed by atoms with van der Waals surface area (Å²) < 4.78 is 20.0. The quantitative estimate of drug-likeness (QED) is 0.201. The number of carbonyl (C=O) groups excluding carboxylic acids is 4. The molecule has 12 heteroatoms. The van der Waals surface area contributed by atoms with Crippen LogP contribution in [0.15, 0.2) is 12.2 Å². The molecule has 5 atom stereocenters. The Morgan fingerprint density at radius 2 is 1.46 bits per heavy atom. The Balaban J connectivity index is 1.33. The highest BCUT2D eigenvalue weighted by Crippen LogP contribution is 2.41. The Morgan fingerprint density at radius 1 is 0.740 bits per heavy atom. The lowest BCUT2D eigenvalue weighted by Gasteiger charge is -2.36. The van der Waals surface area contributed by atoms with E-state index in [1.807, 2.05) is 0 Å². The molecule has 4 aliphatic carbocycles. The van der Waals surface area contributed by atoms with Crippen LogP contribution in [-0.2, 0) is 28.7 Å². The highest BCUT2D eigenvalue weighted by Gasteiger charge is 2.35. The molecule has 6 fully saturated rings. The van der Waals surface area contributed by atoms with E-state index in [4.69, 9.17) is 4.74 Å². The topological polar surface area (TPSA) is 163 Å². The summed E-state index contributed by atoms with van der Waals surface area (Å²) in [5, 5.41) is 21.0. The van der Waals surface area contributed by atoms with Gasteiger partial charge < -0.3 is 31.1 Å². The van der Waals surface area contributed by atoms with Crippen LogP contribution in [0.1, 0.15) is 122 Å². The first-order chi connectivity index (χ1) is 24.1. The predicted octanol–water partition coefficient (Wildman–Crippen LogP) is 4.48. The van der Waals surface area contributed by atoms with E-state index < -0.39 is 53.9 Å². The second kappa shape index (κ2) is 19.0. The summed E-state index contributed by atoms with van der Waals surface area (Å²) in [4.78, 5) is 65.8. The van der Waals surface area contributed by atoms with Crippen LogP contribution in [0.3, 0.4) is 0 Å². The summed E-state index contributed by atoms with van der Waals surface area (Å²) in [6.45, 7) is -0.508. The Morgan fingerprint density at radius 3 is 2.16 bits per heavy atom. The van der Waals surface area contributed by atoms with Gasteiger partial charge in [-0.05, 0) is 107 Å². The molecule has 4 amide bonds. The fraction of sp³-hybridized carbons (Fsp3) is 0.816. The zero-order valence-electron chi connectivity index (χ0n) is 29.6. The van der Waals surface area contributed by atoms with Gasteiger partial charge in [0, 0.05) is 0 Å². The van der Waals surface area contributed by atoms with Crippen molar-refractivity contribution in [3.63, 3.8) is 0 Å². The lowest BCUT2D eigenvalue weighted by molar-refractivity contribution is -0.142. The van der Waals surface area contributed by atoms with E-state index in [1.54, 1.807) is 12.2 Å². The van der Waals surface area contributed by atoms with Crippen molar-refractivity contribution in [3.05, 3.63) is 12.2 Å². The van der Waals surface area contributed by atoms with E-state index in [2.05, 4.69) is 21.3 Å². The average molecular weight is 703 g/mol. The standard InChI is InChI=1S/C38H59FN4O7/c39-29-8-4-5-24(19-29)13-18-31-36(46)43-33(38(48)49)21-26-11-16-30(17-12-26)50-23-35(45)40-22-34(44)41-32(37(47)42-31)20-25-9-14-28(15-10-25)27-6-2-1-3-7-27/h13,18,24-33H,1-12,14-17,19-23H2,(H,40,45)(H,41,44)(H,42,47)(H,43,46)(H,48,49)/b18-13+/t24?,25?,26?,28?,29?,30?,31?,32-,33+/m1/s1. The van der Waals surface area contributed by atoms with E-state index in [9.17, 15) is 33.5 Å². The van der Waals surface area contributed by atoms with Gasteiger partial charge in [0.1, 0.15) is 30.9 Å². The first kappa shape index (κ1) is 38.2. The fourth-order valence-corrected chi connectivity index (χ4v) is 9.15. The average Bonchev–Trinajstić information content (AvgIpc) is 3.11. The van der Waals surface area contributed by atoms with Crippen LogP contribution < -0.4 is 21.3 Å². The first-order valence-corrected chi connectivity index (χ1v) is 19.5. The van der Waals surface area contributed by atoms with Crippen molar-refractivity contribution >= 4 is 29.6 Å². The lowest BCUT2D eigenvalue weighted by atomic mass is 9.70. The van der Waals surface area contributed by atoms with Crippen molar-refractivity contribution < 1.29 is 38.2 Å². The molecule has 280 valence electrons. The minimum absolute atomic E-state index is 0.0406. The third-order valence-electron chi connectivity index (χ3n) is 12.1. The van der Waals surface area contributed by atoms with Gasteiger partial charge in [0.25, 0.3) is 0 Å². The number of nitrogens with one attached hydrogen (secondary N) is 4. The second-order valence-electron chi connectivity index (χ2n) is 15.8. The number of alkyl halides is 1. The molecule has 2 saturated heterocycles. The van der Waals surface area contributed by atoms with E-state index in [1.165, 1.54) is 32.1 Å². The molecule has 0 aromatic heterocycles. The van der Waals surface area contributed by atoms with Crippen molar-refractivity contribution in [1.82, 2.24) is 21.3 Å². The van der Waals surface area contributed by atoms with Crippen LogP contribution in [0.5, 0.6) is 0 Å². The summed E-state index contributed by atoms with van der Waals surface area (Å²) in [6, 6.07) is -3.34. The van der Waals surface area contributed by atoms with E-state index in [-0.39, 0.29) is 43.4 Å². The van der Waals surface area contributed by atoms with Crippen molar-refractivity contribution in [2.45, 2.75) is 152 Å². The Bertz CT molecular complexity index is 1190. The minimum Gasteiger partial charge on any atom is -0.480 e. The maximum Gasteiger partial charge on any atom is 0.326 e. The number of rotatable bonds is 6. The summed E-state index contributed by atoms with van der Waals surface area (Å²) in [5.74, 6) is -1.71. The zero-order valence-corrected chi connectivity index (χ0v) is 29.6. The van der Waals surface area contributed by atoms with Gasteiger partial charge in [0.05, 0.1) is 12.6 Å². The predicted molar refractivity (Wildman–Crippen MR) is 185 cm³/mol. The number of halogens is 1. The molecule has 5 N–H and O–H groups in total. The molecule has 0 spiro atoms. The van der Waals surface area contributed by atoms with Gasteiger partial charge in [-0.1, -0.05) is 57.1 Å². The van der Waals surface area contributed by atoms with Crippen LogP contribution in [0.2, 0.25) is 0 Å². The molecule has 0 radical (unpaired) electrons. The molecule has 11 nitrogen and oxygen atoms in total. The van der Waals surface area contributed by atoms with Crippen LogP contribution >= 0.6 is 0 Å². The van der Waals surface area contributed by atoms with Gasteiger partial charge in [-0.15, -0.1) is 0 Å². The molecule has 0 aromatic rings. The van der Waals surface area contributed by atoms with Gasteiger partial charge in [-0.25, -0.2) is 9.18 Å². The van der Waals surface area contributed by atoms with Gasteiger partial charge in [-0.2, -0.15) is 0 Å². The molecule has 6 rings (SSSR count). The second-order valence-corrected chi connectivity index (χ2v) is 15.8. The Hall–Kier alpha value is -3.02. The van der Waals surface area contributed by atoms with Crippen molar-refractivity contribution in [2.24, 2.45) is 29.6 Å². The van der Waals surface area contributed by atoms with E-state index in [0.717, 1.165) is 44.4 Å². The van der Waals surface area contributed by atoms with Crippen LogP contribution in [-0.4, -0.2) is 78.3 Å². The minimum atomic E-state index is -1.21. The number of amides is 4. The van der Waals surface area contributed by atoms with Crippen LogP contribution in [0.25, 0.3) is 0 Å². The van der Waals surface area contributed by atoms with Crippen LogP contribution in [0.4, 0.5) is 4.39 Å². The number of ether oxygens (including phenoxy) is 1. The van der Waals surface area contributed by atoms with Gasteiger partial charge >= 0.3 is 5.97 Å². The van der Waals surface area contributed by atoms with Gasteiger partial charge in [0.15, 0.2) is 0 Å².